The predicted molar refractivity (Wildman–Crippen MR) is 104 cm³/mol. The van der Waals surface area contributed by atoms with E-state index in [1.54, 1.807) is 18.6 Å². The van der Waals surface area contributed by atoms with Crippen molar-refractivity contribution in [3.05, 3.63) is 59.0 Å². The summed E-state index contributed by atoms with van der Waals surface area (Å²) in [5.41, 5.74) is 1.67. The molecule has 2 N–H and O–H groups in total. The molecule has 0 radical (unpaired) electrons. The number of fused-ring (bicyclic) bond motifs is 1. The number of hydrogen-bond donors (Lipinski definition) is 2. The van der Waals surface area contributed by atoms with Crippen LogP contribution in [0.1, 0.15) is 11.1 Å². The number of rotatable bonds is 6. The molecule has 5 nitrogen and oxygen atoms in total. The monoisotopic (exact) mass is 366 g/mol. The summed E-state index contributed by atoms with van der Waals surface area (Å²) >= 11 is 1.36. The molecule has 2 aromatic carbocycles. The summed E-state index contributed by atoms with van der Waals surface area (Å²) in [5, 5.41) is 16.5. The molecule has 1 heterocycles. The number of carbonyl (C=O) groups excluding carboxylic acids is 1. The number of benzene rings is 2. The molecule has 1 aromatic heterocycles. The quantitative estimate of drug-likeness (QED) is 0.704. The smallest absolute Gasteiger partial charge is 0.280 e. The van der Waals surface area contributed by atoms with Gasteiger partial charge in [-0.15, -0.1) is 11.3 Å². The van der Waals surface area contributed by atoms with E-state index in [4.69, 9.17) is 10.00 Å². The van der Waals surface area contributed by atoms with Crippen LogP contribution in [0.2, 0.25) is 0 Å². The van der Waals surface area contributed by atoms with Crippen LogP contribution < -0.4 is 15.0 Å². The van der Waals surface area contributed by atoms with Crippen molar-refractivity contribution in [2.24, 2.45) is 0 Å². The van der Waals surface area contributed by atoms with Gasteiger partial charge in [-0.3, -0.25) is 4.79 Å². The van der Waals surface area contributed by atoms with E-state index in [9.17, 15) is 4.79 Å². The molecule has 1 atom stereocenters. The fourth-order valence-corrected chi connectivity index (χ4v) is 3.61. The lowest BCUT2D eigenvalue weighted by Gasteiger charge is -2.14. The average molecular weight is 366 g/mol. The van der Waals surface area contributed by atoms with Gasteiger partial charge in [-0.05, 0) is 40.4 Å². The Morgan fingerprint density at radius 1 is 1.23 bits per heavy atom. The van der Waals surface area contributed by atoms with Crippen molar-refractivity contribution in [1.29, 1.82) is 5.26 Å². The van der Waals surface area contributed by atoms with Gasteiger partial charge in [0.25, 0.3) is 5.91 Å². The highest BCUT2D eigenvalue weighted by atomic mass is 32.1. The van der Waals surface area contributed by atoms with Crippen LogP contribution in [0.3, 0.4) is 0 Å². The third-order valence-corrected chi connectivity index (χ3v) is 4.95. The maximum absolute atomic E-state index is 12.2. The van der Waals surface area contributed by atoms with E-state index in [2.05, 4.69) is 29.6 Å². The van der Waals surface area contributed by atoms with Gasteiger partial charge in [-0.25, -0.2) is 0 Å². The zero-order valence-corrected chi connectivity index (χ0v) is 15.5. The molecule has 26 heavy (non-hydrogen) atoms. The molecule has 0 fully saturated rings. The molecular weight excluding hydrogens is 346 g/mol. The zero-order chi connectivity index (χ0) is 18.5. The van der Waals surface area contributed by atoms with Gasteiger partial charge in [0.05, 0.1) is 19.7 Å². The molecule has 3 aromatic rings. The zero-order valence-electron chi connectivity index (χ0n) is 14.7. The Labute approximate surface area is 156 Å². The van der Waals surface area contributed by atoms with Gasteiger partial charge in [0.2, 0.25) is 0 Å². The normalized spacial score (nSPS) is 11.7. The van der Waals surface area contributed by atoms with Gasteiger partial charge >= 0.3 is 0 Å². The third-order valence-electron chi connectivity index (χ3n) is 4.12. The van der Waals surface area contributed by atoms with E-state index in [1.807, 2.05) is 25.2 Å². The SMILES string of the molecule is COc1ccc2cc(C[NH+](C)CC(=O)Nc3sccc3C#N)ccc2c1. The summed E-state index contributed by atoms with van der Waals surface area (Å²) < 4.78 is 5.25. The van der Waals surface area contributed by atoms with E-state index in [-0.39, 0.29) is 5.91 Å². The second-order valence-corrected chi connectivity index (χ2v) is 7.10. The number of quaternary nitrogens is 1. The lowest BCUT2D eigenvalue weighted by molar-refractivity contribution is -0.885. The molecule has 1 amide bonds. The maximum Gasteiger partial charge on any atom is 0.280 e. The minimum Gasteiger partial charge on any atom is -0.497 e. The Morgan fingerprint density at radius 2 is 2.00 bits per heavy atom. The van der Waals surface area contributed by atoms with E-state index >= 15 is 0 Å². The minimum absolute atomic E-state index is 0.0908. The van der Waals surface area contributed by atoms with Crippen LogP contribution in [0.5, 0.6) is 5.75 Å². The Bertz CT molecular complexity index is 975. The fourth-order valence-electron chi connectivity index (χ4n) is 2.86. The summed E-state index contributed by atoms with van der Waals surface area (Å²) in [6.45, 7) is 1.08. The van der Waals surface area contributed by atoms with E-state index < -0.39 is 0 Å². The molecule has 0 aliphatic rings. The molecule has 0 saturated heterocycles. The molecule has 6 heteroatoms. The fraction of sp³-hybridized carbons (Fsp3) is 0.200. The first-order chi connectivity index (χ1) is 12.6. The Morgan fingerprint density at radius 3 is 2.77 bits per heavy atom. The van der Waals surface area contributed by atoms with Crippen molar-refractivity contribution in [1.82, 2.24) is 0 Å². The van der Waals surface area contributed by atoms with Crippen molar-refractivity contribution >= 4 is 33.0 Å². The average Bonchev–Trinajstić information content (AvgIpc) is 3.07. The van der Waals surface area contributed by atoms with Gasteiger partial charge < -0.3 is 15.0 Å². The van der Waals surface area contributed by atoms with Crippen LogP contribution in [0, 0.1) is 11.3 Å². The van der Waals surface area contributed by atoms with Crippen molar-refractivity contribution in [2.45, 2.75) is 6.54 Å². The molecule has 0 aliphatic heterocycles. The maximum atomic E-state index is 12.2. The lowest BCUT2D eigenvalue weighted by atomic mass is 10.1. The number of ether oxygens (including phenoxy) is 1. The first-order valence-corrected chi connectivity index (χ1v) is 9.12. The molecular formula is C20H20N3O2S+. The highest BCUT2D eigenvalue weighted by molar-refractivity contribution is 7.14. The number of nitrogens with one attached hydrogen (secondary N) is 2. The highest BCUT2D eigenvalue weighted by Gasteiger charge is 2.13. The number of nitrogens with zero attached hydrogens (tertiary/aromatic N) is 1. The second kappa shape index (κ2) is 8.00. The second-order valence-electron chi connectivity index (χ2n) is 6.18. The third kappa shape index (κ3) is 4.20. The topological polar surface area (TPSA) is 66.6 Å². The molecule has 3 rings (SSSR count). The van der Waals surface area contributed by atoms with Crippen molar-refractivity contribution in [3.63, 3.8) is 0 Å². The van der Waals surface area contributed by atoms with Gasteiger partial charge in [0, 0.05) is 5.56 Å². The minimum atomic E-state index is -0.0908. The number of carbonyl (C=O) groups is 1. The van der Waals surface area contributed by atoms with E-state index in [1.165, 1.54) is 16.9 Å². The predicted octanol–water partition coefficient (Wildman–Crippen LogP) is 2.43. The van der Waals surface area contributed by atoms with Crippen LogP contribution in [0.15, 0.2) is 47.8 Å². The van der Waals surface area contributed by atoms with Crippen molar-refractivity contribution in [3.8, 4) is 11.8 Å². The van der Waals surface area contributed by atoms with Crippen LogP contribution in [-0.4, -0.2) is 26.6 Å². The van der Waals surface area contributed by atoms with E-state index in [0.29, 0.717) is 17.1 Å². The Kier molecular flexibility index (Phi) is 5.52. The van der Waals surface area contributed by atoms with E-state index in [0.717, 1.165) is 28.0 Å². The molecule has 0 bridgehead atoms. The highest BCUT2D eigenvalue weighted by Crippen LogP contribution is 2.22. The van der Waals surface area contributed by atoms with Crippen LogP contribution in [0.25, 0.3) is 10.8 Å². The number of anilines is 1. The number of hydrogen-bond acceptors (Lipinski definition) is 4. The first kappa shape index (κ1) is 17.9. The number of amides is 1. The summed E-state index contributed by atoms with van der Waals surface area (Å²) in [6.07, 6.45) is 0. The number of thiophene rings is 1. The first-order valence-electron chi connectivity index (χ1n) is 8.24. The Hall–Kier alpha value is -2.88. The van der Waals surface area contributed by atoms with Crippen LogP contribution in [-0.2, 0) is 11.3 Å². The van der Waals surface area contributed by atoms with Crippen molar-refractivity contribution < 1.29 is 14.4 Å². The van der Waals surface area contributed by atoms with Gasteiger partial charge in [-0.1, -0.05) is 18.2 Å². The number of methoxy groups -OCH3 is 1. The number of nitriles is 1. The summed E-state index contributed by atoms with van der Waals surface area (Å²) in [6, 6.07) is 16.1. The summed E-state index contributed by atoms with van der Waals surface area (Å²) in [4.78, 5) is 13.3. The van der Waals surface area contributed by atoms with Gasteiger partial charge in [0.1, 0.15) is 23.4 Å². The molecule has 132 valence electrons. The number of likely N-dealkylation sites (N-methyl/N-ethyl adjacent to an activating group) is 1. The molecule has 0 aliphatic carbocycles. The molecule has 1 unspecified atom stereocenters. The van der Waals surface area contributed by atoms with Crippen LogP contribution >= 0.6 is 11.3 Å². The molecule has 0 saturated carbocycles. The summed E-state index contributed by atoms with van der Waals surface area (Å²) in [5.74, 6) is 0.752. The van der Waals surface area contributed by atoms with Crippen LogP contribution in [0.4, 0.5) is 5.00 Å². The Balaban J connectivity index is 1.62. The van der Waals surface area contributed by atoms with Gasteiger partial charge in [-0.2, -0.15) is 5.26 Å². The lowest BCUT2D eigenvalue weighted by Crippen LogP contribution is -3.08. The summed E-state index contributed by atoms with van der Waals surface area (Å²) in [7, 11) is 3.64. The van der Waals surface area contributed by atoms with Gasteiger partial charge in [0.15, 0.2) is 6.54 Å². The van der Waals surface area contributed by atoms with Crippen molar-refractivity contribution in [2.75, 3.05) is 26.0 Å². The largest absolute Gasteiger partial charge is 0.497 e. The standard InChI is InChI=1S/C20H19N3O2S/c1-23(13-19(24)22-20-17(11-21)7-8-26-20)12-14-3-4-16-10-18(25-2)6-5-15(16)9-14/h3-10H,12-13H2,1-2H3,(H,22,24)/p+1. The molecule has 0 spiro atoms.